The van der Waals surface area contributed by atoms with Crippen molar-refractivity contribution in [2.75, 3.05) is 16.6 Å². The van der Waals surface area contributed by atoms with Crippen molar-refractivity contribution in [3.8, 4) is 0 Å². The fraction of sp³-hybridized carbons (Fsp3) is 0.250. The second-order valence-electron chi connectivity index (χ2n) is 4.11. The number of rotatable bonds is 4. The van der Waals surface area contributed by atoms with E-state index in [-0.39, 0.29) is 4.90 Å². The zero-order valence-corrected chi connectivity index (χ0v) is 11.6. The molecule has 0 fully saturated rings. The maximum atomic E-state index is 12.5. The van der Waals surface area contributed by atoms with Gasteiger partial charge in [0.2, 0.25) is 0 Å². The summed E-state index contributed by atoms with van der Waals surface area (Å²) >= 11 is 0. The van der Waals surface area contributed by atoms with Crippen molar-refractivity contribution in [2.24, 2.45) is 7.05 Å². The van der Waals surface area contributed by atoms with Gasteiger partial charge in [-0.05, 0) is 31.2 Å². The van der Waals surface area contributed by atoms with Gasteiger partial charge < -0.3 is 5.73 Å². The monoisotopic (exact) mass is 280 g/mol. The van der Waals surface area contributed by atoms with Crippen molar-refractivity contribution in [3.63, 3.8) is 0 Å². The third-order valence-electron chi connectivity index (χ3n) is 2.74. The van der Waals surface area contributed by atoms with Gasteiger partial charge in [-0.3, -0.25) is 8.99 Å². The van der Waals surface area contributed by atoms with Crippen LogP contribution in [0, 0.1) is 0 Å². The molecule has 0 bridgehead atoms. The highest BCUT2D eigenvalue weighted by molar-refractivity contribution is 7.92. The number of nitrogens with two attached hydrogens (primary N) is 1. The molecular formula is C12H16N4O2S. The number of anilines is 2. The van der Waals surface area contributed by atoms with Crippen LogP contribution >= 0.6 is 0 Å². The van der Waals surface area contributed by atoms with Crippen molar-refractivity contribution in [3.05, 3.63) is 36.7 Å². The fourth-order valence-electron chi connectivity index (χ4n) is 1.79. The summed E-state index contributed by atoms with van der Waals surface area (Å²) in [4.78, 5) is 0.175. The fourth-order valence-corrected chi connectivity index (χ4v) is 3.25. The summed E-state index contributed by atoms with van der Waals surface area (Å²) in [5.41, 5.74) is 6.79. The molecule has 0 saturated heterocycles. The zero-order valence-electron chi connectivity index (χ0n) is 10.8. The lowest BCUT2D eigenvalue weighted by Crippen LogP contribution is -2.30. The van der Waals surface area contributed by atoms with Gasteiger partial charge in [-0.1, -0.05) is 0 Å². The van der Waals surface area contributed by atoms with E-state index in [4.69, 9.17) is 5.73 Å². The highest BCUT2D eigenvalue weighted by atomic mass is 32.2. The van der Waals surface area contributed by atoms with Crippen LogP contribution in [0.1, 0.15) is 6.92 Å². The molecule has 0 atom stereocenters. The quantitative estimate of drug-likeness (QED) is 0.854. The van der Waals surface area contributed by atoms with Gasteiger partial charge >= 0.3 is 0 Å². The van der Waals surface area contributed by atoms with Crippen LogP contribution in [0.4, 0.5) is 11.4 Å². The number of hydrogen-bond donors (Lipinski definition) is 1. The zero-order chi connectivity index (χ0) is 14.0. The van der Waals surface area contributed by atoms with E-state index in [9.17, 15) is 8.42 Å². The number of nitrogen functional groups attached to an aromatic ring is 1. The van der Waals surface area contributed by atoms with Gasteiger partial charge in [-0.25, -0.2) is 8.42 Å². The van der Waals surface area contributed by atoms with E-state index in [0.717, 1.165) is 0 Å². The number of aryl methyl sites for hydroxylation is 1. The summed E-state index contributed by atoms with van der Waals surface area (Å²) in [6, 6.07) is 6.73. The second kappa shape index (κ2) is 4.93. The Kier molecular flexibility index (Phi) is 3.48. The van der Waals surface area contributed by atoms with Crippen LogP contribution in [0.3, 0.4) is 0 Å². The third kappa shape index (κ3) is 2.55. The predicted octanol–water partition coefficient (Wildman–Crippen LogP) is 1.22. The van der Waals surface area contributed by atoms with Crippen molar-refractivity contribution in [1.82, 2.24) is 9.78 Å². The van der Waals surface area contributed by atoms with E-state index >= 15 is 0 Å². The molecule has 0 spiro atoms. The van der Waals surface area contributed by atoms with Gasteiger partial charge in [-0.15, -0.1) is 0 Å². The Morgan fingerprint density at radius 3 is 2.42 bits per heavy atom. The van der Waals surface area contributed by atoms with Crippen molar-refractivity contribution in [2.45, 2.75) is 11.8 Å². The predicted molar refractivity (Wildman–Crippen MR) is 74.3 cm³/mol. The van der Waals surface area contributed by atoms with Gasteiger partial charge in [0.1, 0.15) is 4.90 Å². The maximum Gasteiger partial charge on any atom is 0.267 e. The molecule has 0 radical (unpaired) electrons. The molecule has 6 nitrogen and oxygen atoms in total. The van der Waals surface area contributed by atoms with E-state index in [1.807, 2.05) is 0 Å². The SMILES string of the molecule is CCN(c1ccc(N)cc1)S(=O)(=O)c1cnn(C)c1. The molecule has 7 heteroatoms. The minimum Gasteiger partial charge on any atom is -0.399 e. The number of hydrogen-bond acceptors (Lipinski definition) is 4. The molecule has 0 aliphatic heterocycles. The molecular weight excluding hydrogens is 264 g/mol. The lowest BCUT2D eigenvalue weighted by molar-refractivity contribution is 0.591. The minimum atomic E-state index is -3.59. The highest BCUT2D eigenvalue weighted by Crippen LogP contribution is 2.23. The normalized spacial score (nSPS) is 11.5. The van der Waals surface area contributed by atoms with Crippen molar-refractivity contribution < 1.29 is 8.42 Å². The molecule has 2 rings (SSSR count). The first-order valence-electron chi connectivity index (χ1n) is 5.82. The Labute approximate surface area is 112 Å². The van der Waals surface area contributed by atoms with Crippen LogP contribution in [-0.2, 0) is 17.1 Å². The van der Waals surface area contributed by atoms with Crippen molar-refractivity contribution in [1.29, 1.82) is 0 Å². The maximum absolute atomic E-state index is 12.5. The largest absolute Gasteiger partial charge is 0.399 e. The minimum absolute atomic E-state index is 0.175. The van der Waals surface area contributed by atoms with Crippen molar-refractivity contribution >= 4 is 21.4 Å². The summed E-state index contributed by atoms with van der Waals surface area (Å²) < 4.78 is 27.8. The average molecular weight is 280 g/mol. The summed E-state index contributed by atoms with van der Waals surface area (Å²) in [5, 5.41) is 3.90. The lowest BCUT2D eigenvalue weighted by atomic mass is 10.3. The Balaban J connectivity index is 2.44. The van der Waals surface area contributed by atoms with Crippen LogP contribution in [0.5, 0.6) is 0 Å². The van der Waals surface area contributed by atoms with E-state index in [2.05, 4.69) is 5.10 Å². The molecule has 0 aliphatic rings. The van der Waals surface area contributed by atoms with Gasteiger partial charge in [0, 0.05) is 25.5 Å². The summed E-state index contributed by atoms with van der Waals surface area (Å²) in [6.45, 7) is 2.12. The number of nitrogens with zero attached hydrogens (tertiary/aromatic N) is 3. The van der Waals surface area contributed by atoms with Crippen LogP contribution in [0.25, 0.3) is 0 Å². The molecule has 0 saturated carbocycles. The van der Waals surface area contributed by atoms with Crippen LogP contribution in [0.15, 0.2) is 41.6 Å². The molecule has 0 aliphatic carbocycles. The molecule has 0 unspecified atom stereocenters. The molecule has 102 valence electrons. The molecule has 2 aromatic rings. The van der Waals surface area contributed by atoms with Gasteiger partial charge in [0.15, 0.2) is 0 Å². The summed E-state index contributed by atoms with van der Waals surface area (Å²) in [7, 11) is -1.91. The number of sulfonamides is 1. The third-order valence-corrected chi connectivity index (χ3v) is 4.59. The molecule has 19 heavy (non-hydrogen) atoms. The van der Waals surface area contributed by atoms with Gasteiger partial charge in [0.25, 0.3) is 10.0 Å². The number of aromatic nitrogens is 2. The van der Waals surface area contributed by atoms with E-state index < -0.39 is 10.0 Å². The Hall–Kier alpha value is -2.02. The highest BCUT2D eigenvalue weighted by Gasteiger charge is 2.24. The van der Waals surface area contributed by atoms with Crippen LogP contribution < -0.4 is 10.0 Å². The molecule has 2 N–H and O–H groups in total. The topological polar surface area (TPSA) is 81.2 Å². The van der Waals surface area contributed by atoms with E-state index in [1.165, 1.54) is 21.4 Å². The first kappa shape index (κ1) is 13.4. The van der Waals surface area contributed by atoms with Gasteiger partial charge in [-0.2, -0.15) is 5.10 Å². The number of benzene rings is 1. The summed E-state index contributed by atoms with van der Waals surface area (Å²) in [5.74, 6) is 0. The lowest BCUT2D eigenvalue weighted by Gasteiger charge is -2.22. The Morgan fingerprint density at radius 2 is 1.95 bits per heavy atom. The first-order valence-corrected chi connectivity index (χ1v) is 7.26. The van der Waals surface area contributed by atoms with E-state index in [1.54, 1.807) is 38.2 Å². The van der Waals surface area contributed by atoms with Gasteiger partial charge in [0.05, 0.1) is 11.9 Å². The molecule has 1 aromatic heterocycles. The second-order valence-corrected chi connectivity index (χ2v) is 5.97. The first-order chi connectivity index (χ1) is 8.95. The average Bonchev–Trinajstić information content (AvgIpc) is 2.80. The molecule has 0 amide bonds. The Morgan fingerprint density at radius 1 is 1.32 bits per heavy atom. The summed E-state index contributed by atoms with van der Waals surface area (Å²) in [6.07, 6.45) is 2.82. The smallest absolute Gasteiger partial charge is 0.267 e. The Bertz CT molecular complexity index is 661. The van der Waals surface area contributed by atoms with Crippen LogP contribution in [0.2, 0.25) is 0 Å². The standard InChI is InChI=1S/C12H16N4O2S/c1-3-16(11-6-4-10(13)5-7-11)19(17,18)12-8-14-15(2)9-12/h4-9H,3,13H2,1-2H3. The molecule has 1 aromatic carbocycles. The molecule has 1 heterocycles. The van der Waals surface area contributed by atoms with E-state index in [0.29, 0.717) is 17.9 Å². The van der Waals surface area contributed by atoms with Crippen LogP contribution in [-0.4, -0.2) is 24.7 Å².